The Morgan fingerprint density at radius 1 is 1.82 bits per heavy atom. The van der Waals surface area contributed by atoms with Crippen LogP contribution < -0.4 is 0 Å². The minimum Gasteiger partial charge on any atom is -0.457 e. The molecule has 2 unspecified atom stereocenters. The van der Waals surface area contributed by atoms with E-state index in [9.17, 15) is 5.11 Å². The molecule has 1 heterocycles. The summed E-state index contributed by atoms with van der Waals surface area (Å²) in [5.41, 5.74) is 0.260. The zero-order chi connectivity index (χ0) is 8.06. The van der Waals surface area contributed by atoms with Crippen LogP contribution in [-0.4, -0.2) is 5.11 Å². The Bertz CT molecular complexity index is 281. The van der Waals surface area contributed by atoms with Gasteiger partial charge in [0.25, 0.3) is 0 Å². The Hall–Kier alpha value is -0.280. The van der Waals surface area contributed by atoms with E-state index in [-0.39, 0.29) is 0 Å². The summed E-state index contributed by atoms with van der Waals surface area (Å²) in [6, 6.07) is 1.81. The lowest BCUT2D eigenvalue weighted by Gasteiger charge is -2.05. The molecule has 1 aromatic heterocycles. The highest BCUT2D eigenvalue weighted by Gasteiger charge is 2.52. The molecule has 1 aliphatic carbocycles. The van der Waals surface area contributed by atoms with Crippen LogP contribution in [0, 0.1) is 5.92 Å². The molecule has 2 nitrogen and oxygen atoms in total. The van der Waals surface area contributed by atoms with Gasteiger partial charge in [-0.1, -0.05) is 6.92 Å². The Labute approximate surface area is 73.3 Å². The van der Waals surface area contributed by atoms with Crippen molar-refractivity contribution in [2.45, 2.75) is 18.9 Å². The topological polar surface area (TPSA) is 33.4 Å². The molecule has 1 fully saturated rings. The molecule has 0 bridgehead atoms. The number of aliphatic hydroxyl groups is 1. The van der Waals surface area contributed by atoms with Crippen molar-refractivity contribution in [3.8, 4) is 0 Å². The summed E-state index contributed by atoms with van der Waals surface area (Å²) in [5, 5.41) is 9.85. The number of halogens is 1. The lowest BCUT2D eigenvalue weighted by atomic mass is 10.1. The molecule has 3 heteroatoms. The van der Waals surface area contributed by atoms with Crippen molar-refractivity contribution in [2.75, 3.05) is 0 Å². The second-order valence-corrected chi connectivity index (χ2v) is 3.86. The van der Waals surface area contributed by atoms with Gasteiger partial charge >= 0.3 is 0 Å². The maximum atomic E-state index is 9.85. The molecule has 11 heavy (non-hydrogen) atoms. The molecule has 1 saturated carbocycles. The van der Waals surface area contributed by atoms with E-state index >= 15 is 0 Å². The van der Waals surface area contributed by atoms with E-state index < -0.39 is 5.60 Å². The van der Waals surface area contributed by atoms with Crippen molar-refractivity contribution in [3.05, 3.63) is 22.6 Å². The van der Waals surface area contributed by atoms with Crippen molar-refractivity contribution < 1.29 is 9.52 Å². The lowest BCUT2D eigenvalue weighted by Crippen LogP contribution is -2.06. The SMILES string of the molecule is CC1CC1(O)c1ccoc1Br. The lowest BCUT2D eigenvalue weighted by molar-refractivity contribution is 0.133. The monoisotopic (exact) mass is 216 g/mol. The van der Waals surface area contributed by atoms with E-state index in [4.69, 9.17) is 4.42 Å². The van der Waals surface area contributed by atoms with Gasteiger partial charge in [0.1, 0.15) is 0 Å². The second-order valence-electron chi connectivity index (χ2n) is 3.14. The molecule has 0 aromatic carbocycles. The largest absolute Gasteiger partial charge is 0.457 e. The molecule has 2 rings (SSSR count). The quantitative estimate of drug-likeness (QED) is 0.782. The zero-order valence-corrected chi connectivity index (χ0v) is 7.76. The molecule has 2 atom stereocenters. The predicted molar refractivity (Wildman–Crippen MR) is 44.1 cm³/mol. The first-order chi connectivity index (χ1) is 5.14. The Kier molecular flexibility index (Phi) is 1.41. The van der Waals surface area contributed by atoms with Crippen molar-refractivity contribution in [1.82, 2.24) is 0 Å². The van der Waals surface area contributed by atoms with Crippen LogP contribution in [0.4, 0.5) is 0 Å². The van der Waals surface area contributed by atoms with E-state index in [1.54, 1.807) is 6.26 Å². The molecule has 1 aromatic rings. The summed E-state index contributed by atoms with van der Waals surface area (Å²) >= 11 is 3.24. The van der Waals surface area contributed by atoms with E-state index in [2.05, 4.69) is 15.9 Å². The summed E-state index contributed by atoms with van der Waals surface area (Å²) in [4.78, 5) is 0. The molecule has 1 aliphatic rings. The van der Waals surface area contributed by atoms with Crippen LogP contribution in [0.3, 0.4) is 0 Å². The fraction of sp³-hybridized carbons (Fsp3) is 0.500. The predicted octanol–water partition coefficient (Wildman–Crippen LogP) is 2.27. The van der Waals surface area contributed by atoms with Gasteiger partial charge in [-0.15, -0.1) is 0 Å². The van der Waals surface area contributed by atoms with Crippen LogP contribution in [0.1, 0.15) is 18.9 Å². The second kappa shape index (κ2) is 2.11. The van der Waals surface area contributed by atoms with Gasteiger partial charge in [0.05, 0.1) is 11.9 Å². The van der Waals surface area contributed by atoms with E-state index in [0.29, 0.717) is 10.6 Å². The maximum Gasteiger partial charge on any atom is 0.175 e. The first-order valence-corrected chi connectivity index (χ1v) is 4.40. The van der Waals surface area contributed by atoms with Crippen molar-refractivity contribution in [3.63, 3.8) is 0 Å². The van der Waals surface area contributed by atoms with Crippen molar-refractivity contribution >= 4 is 15.9 Å². The fourth-order valence-corrected chi connectivity index (χ4v) is 1.97. The van der Waals surface area contributed by atoms with E-state index in [1.807, 2.05) is 13.0 Å². The minimum absolute atomic E-state index is 0.358. The Morgan fingerprint density at radius 3 is 2.82 bits per heavy atom. The Balaban J connectivity index is 2.37. The zero-order valence-electron chi connectivity index (χ0n) is 6.17. The Morgan fingerprint density at radius 2 is 2.45 bits per heavy atom. The third kappa shape index (κ3) is 0.948. The van der Waals surface area contributed by atoms with Crippen LogP contribution in [0.15, 0.2) is 21.4 Å². The summed E-state index contributed by atoms with van der Waals surface area (Å²) < 4.78 is 5.69. The molecule has 0 amide bonds. The van der Waals surface area contributed by atoms with Gasteiger partial charge in [-0.2, -0.15) is 0 Å². The highest BCUT2D eigenvalue weighted by atomic mass is 79.9. The smallest absolute Gasteiger partial charge is 0.175 e. The maximum absolute atomic E-state index is 9.85. The summed E-state index contributed by atoms with van der Waals surface area (Å²) in [7, 11) is 0. The van der Waals surface area contributed by atoms with Crippen LogP contribution in [0.25, 0.3) is 0 Å². The third-order valence-corrected chi connectivity index (χ3v) is 2.97. The first-order valence-electron chi connectivity index (χ1n) is 3.60. The molecular formula is C8H9BrO2. The van der Waals surface area contributed by atoms with Gasteiger partial charge in [-0.3, -0.25) is 0 Å². The van der Waals surface area contributed by atoms with Crippen molar-refractivity contribution in [1.29, 1.82) is 0 Å². The van der Waals surface area contributed by atoms with Gasteiger partial charge in [0.15, 0.2) is 4.67 Å². The van der Waals surface area contributed by atoms with Gasteiger partial charge in [0.2, 0.25) is 0 Å². The number of hydrogen-bond acceptors (Lipinski definition) is 2. The standard InChI is InChI=1S/C8H9BrO2/c1-5-4-8(5,10)6-2-3-11-7(6)9/h2-3,5,10H,4H2,1H3. The fourth-order valence-electron chi connectivity index (χ4n) is 1.39. The minimum atomic E-state index is -0.619. The van der Waals surface area contributed by atoms with Crippen molar-refractivity contribution in [2.24, 2.45) is 5.92 Å². The highest BCUT2D eigenvalue weighted by Crippen LogP contribution is 2.53. The molecule has 0 radical (unpaired) electrons. The molecule has 0 aliphatic heterocycles. The molecule has 60 valence electrons. The molecule has 0 spiro atoms. The van der Waals surface area contributed by atoms with Gasteiger partial charge < -0.3 is 9.52 Å². The van der Waals surface area contributed by atoms with E-state index in [0.717, 1.165) is 12.0 Å². The summed E-state index contributed by atoms with van der Waals surface area (Å²) in [5.74, 6) is 0.358. The van der Waals surface area contributed by atoms with Crippen LogP contribution in [0.5, 0.6) is 0 Å². The van der Waals surface area contributed by atoms with Gasteiger partial charge in [-0.25, -0.2) is 0 Å². The molecule has 1 N–H and O–H groups in total. The van der Waals surface area contributed by atoms with E-state index in [1.165, 1.54) is 0 Å². The highest BCUT2D eigenvalue weighted by molar-refractivity contribution is 9.10. The average Bonchev–Trinajstić information content (AvgIpc) is 2.43. The summed E-state index contributed by atoms with van der Waals surface area (Å²) in [6.07, 6.45) is 2.42. The number of rotatable bonds is 1. The van der Waals surface area contributed by atoms with Crippen LogP contribution in [0.2, 0.25) is 0 Å². The van der Waals surface area contributed by atoms with Gasteiger partial charge in [0, 0.05) is 5.56 Å². The third-order valence-electron chi connectivity index (χ3n) is 2.36. The van der Waals surface area contributed by atoms with Gasteiger partial charge in [-0.05, 0) is 34.3 Å². The summed E-state index contributed by atoms with van der Waals surface area (Å²) in [6.45, 7) is 2.03. The molecular weight excluding hydrogens is 208 g/mol. The van der Waals surface area contributed by atoms with Crippen LogP contribution in [-0.2, 0) is 5.60 Å². The average molecular weight is 217 g/mol. The number of furan rings is 1. The molecule has 0 saturated heterocycles. The van der Waals surface area contributed by atoms with Crippen LogP contribution >= 0.6 is 15.9 Å². The first kappa shape index (κ1) is 7.37. The number of hydrogen-bond donors (Lipinski definition) is 1. The normalized spacial score (nSPS) is 35.7.